The van der Waals surface area contributed by atoms with Gasteiger partial charge in [0.05, 0.1) is 5.69 Å². The van der Waals surface area contributed by atoms with E-state index in [1.165, 1.54) is 25.7 Å². The van der Waals surface area contributed by atoms with Gasteiger partial charge in [0.15, 0.2) is 5.82 Å². The minimum absolute atomic E-state index is 0.542. The number of rotatable bonds is 4. The van der Waals surface area contributed by atoms with Crippen LogP contribution in [0.1, 0.15) is 32.6 Å². The van der Waals surface area contributed by atoms with Crippen molar-refractivity contribution < 1.29 is 0 Å². The lowest BCUT2D eigenvalue weighted by Gasteiger charge is -2.24. The van der Waals surface area contributed by atoms with Crippen LogP contribution in [0.25, 0.3) is 0 Å². The van der Waals surface area contributed by atoms with Gasteiger partial charge in [-0.25, -0.2) is 4.98 Å². The van der Waals surface area contributed by atoms with Crippen molar-refractivity contribution in [2.24, 2.45) is 5.92 Å². The predicted octanol–water partition coefficient (Wildman–Crippen LogP) is 3.14. The summed E-state index contributed by atoms with van der Waals surface area (Å²) in [6.45, 7) is 2.29. The van der Waals surface area contributed by atoms with Crippen LogP contribution in [0.5, 0.6) is 0 Å². The Kier molecular flexibility index (Phi) is 3.87. The van der Waals surface area contributed by atoms with Gasteiger partial charge in [-0.3, -0.25) is 0 Å². The number of nitrogens with one attached hydrogen (secondary N) is 1. The minimum Gasteiger partial charge on any atom is -0.379 e. The molecule has 1 unspecified atom stereocenters. The van der Waals surface area contributed by atoms with Crippen LogP contribution in [0.4, 0.5) is 11.5 Å². The lowest BCUT2D eigenvalue weighted by atomic mass is 9.99. The van der Waals surface area contributed by atoms with Crippen molar-refractivity contribution in [2.75, 3.05) is 24.3 Å². The number of hydrogen-bond donors (Lipinski definition) is 1. The lowest BCUT2D eigenvalue weighted by Crippen LogP contribution is -2.25. The van der Waals surface area contributed by atoms with E-state index in [0.29, 0.717) is 6.04 Å². The van der Waals surface area contributed by atoms with E-state index < -0.39 is 0 Å². The molecule has 0 spiro atoms. The van der Waals surface area contributed by atoms with E-state index in [0.717, 1.165) is 17.4 Å². The van der Waals surface area contributed by atoms with Crippen LogP contribution in [0.15, 0.2) is 18.3 Å². The lowest BCUT2D eigenvalue weighted by molar-refractivity contribution is 0.482. The maximum Gasteiger partial charge on any atom is 0.151 e. The standard InChI is InChI=1S/C14H23N3/c1-11(12-7-4-5-8-12)16-13-9-6-10-15-14(13)17(2)3/h6,9-12,16H,4-5,7-8H2,1-3H3. The molecule has 3 heteroatoms. The topological polar surface area (TPSA) is 28.2 Å². The Labute approximate surface area is 104 Å². The highest BCUT2D eigenvalue weighted by Crippen LogP contribution is 2.30. The first kappa shape index (κ1) is 12.2. The molecule has 3 nitrogen and oxygen atoms in total. The molecule has 17 heavy (non-hydrogen) atoms. The summed E-state index contributed by atoms with van der Waals surface area (Å²) in [7, 11) is 4.07. The first-order chi connectivity index (χ1) is 8.18. The summed E-state index contributed by atoms with van der Waals surface area (Å²) in [6, 6.07) is 4.66. The molecule has 2 rings (SSSR count). The average molecular weight is 233 g/mol. The van der Waals surface area contributed by atoms with Gasteiger partial charge in [-0.15, -0.1) is 0 Å². The number of aromatic nitrogens is 1. The highest BCUT2D eigenvalue weighted by molar-refractivity contribution is 5.65. The average Bonchev–Trinajstić information content (AvgIpc) is 2.83. The zero-order chi connectivity index (χ0) is 12.3. The van der Waals surface area contributed by atoms with Crippen molar-refractivity contribution in [3.05, 3.63) is 18.3 Å². The summed E-state index contributed by atoms with van der Waals surface area (Å²) in [4.78, 5) is 6.48. The number of nitrogens with zero attached hydrogens (tertiary/aromatic N) is 2. The fourth-order valence-electron chi connectivity index (χ4n) is 2.69. The van der Waals surface area contributed by atoms with Crippen LogP contribution in [-0.4, -0.2) is 25.1 Å². The molecule has 0 amide bonds. The molecule has 0 aliphatic heterocycles. The summed E-state index contributed by atoms with van der Waals surface area (Å²) in [6.07, 6.45) is 7.37. The van der Waals surface area contributed by atoms with Crippen LogP contribution in [-0.2, 0) is 0 Å². The van der Waals surface area contributed by atoms with E-state index in [1.54, 1.807) is 0 Å². The van der Waals surface area contributed by atoms with Crippen LogP contribution in [0.3, 0.4) is 0 Å². The van der Waals surface area contributed by atoms with Gasteiger partial charge >= 0.3 is 0 Å². The minimum atomic E-state index is 0.542. The van der Waals surface area contributed by atoms with Crippen molar-refractivity contribution in [3.8, 4) is 0 Å². The van der Waals surface area contributed by atoms with E-state index in [-0.39, 0.29) is 0 Å². The molecule has 1 aromatic rings. The largest absolute Gasteiger partial charge is 0.379 e. The quantitative estimate of drug-likeness (QED) is 0.866. The highest BCUT2D eigenvalue weighted by atomic mass is 15.2. The van der Waals surface area contributed by atoms with Gasteiger partial charge < -0.3 is 10.2 Å². The van der Waals surface area contributed by atoms with Gasteiger partial charge in [-0.1, -0.05) is 12.8 Å². The van der Waals surface area contributed by atoms with Crippen molar-refractivity contribution in [1.29, 1.82) is 0 Å². The Morgan fingerprint density at radius 3 is 2.71 bits per heavy atom. The summed E-state index contributed by atoms with van der Waals surface area (Å²) in [5.74, 6) is 1.85. The Balaban J connectivity index is 2.06. The predicted molar refractivity (Wildman–Crippen MR) is 73.6 cm³/mol. The fourth-order valence-corrected chi connectivity index (χ4v) is 2.69. The molecule has 1 aliphatic carbocycles. The molecule has 0 bridgehead atoms. The third kappa shape index (κ3) is 2.90. The van der Waals surface area contributed by atoms with Gasteiger partial charge in [0.2, 0.25) is 0 Å². The number of hydrogen-bond acceptors (Lipinski definition) is 3. The Bertz CT molecular complexity index is 356. The molecule has 94 valence electrons. The van der Waals surface area contributed by atoms with E-state index in [9.17, 15) is 0 Å². The molecule has 1 aromatic heterocycles. The maximum absolute atomic E-state index is 4.42. The monoisotopic (exact) mass is 233 g/mol. The number of pyridine rings is 1. The summed E-state index contributed by atoms with van der Waals surface area (Å²) in [5.41, 5.74) is 1.15. The molecule has 1 atom stereocenters. The third-order valence-electron chi connectivity index (χ3n) is 3.70. The second kappa shape index (κ2) is 5.39. The molecule has 0 saturated heterocycles. The van der Waals surface area contributed by atoms with E-state index in [1.807, 2.05) is 26.4 Å². The van der Waals surface area contributed by atoms with Crippen LogP contribution < -0.4 is 10.2 Å². The summed E-state index contributed by atoms with van der Waals surface area (Å²) >= 11 is 0. The Morgan fingerprint density at radius 2 is 2.06 bits per heavy atom. The van der Waals surface area contributed by atoms with Gasteiger partial charge in [0, 0.05) is 26.3 Å². The van der Waals surface area contributed by atoms with Gasteiger partial charge in [-0.2, -0.15) is 0 Å². The molecule has 0 radical (unpaired) electrons. The summed E-state index contributed by atoms with van der Waals surface area (Å²) in [5, 5.41) is 3.63. The van der Waals surface area contributed by atoms with E-state index in [2.05, 4.69) is 28.2 Å². The van der Waals surface area contributed by atoms with Crippen LogP contribution in [0, 0.1) is 5.92 Å². The van der Waals surface area contributed by atoms with Crippen molar-refractivity contribution >= 4 is 11.5 Å². The molecule has 1 fully saturated rings. The van der Waals surface area contributed by atoms with E-state index >= 15 is 0 Å². The SMILES string of the molecule is CC(Nc1cccnc1N(C)C)C1CCCC1. The third-order valence-corrected chi connectivity index (χ3v) is 3.70. The highest BCUT2D eigenvalue weighted by Gasteiger charge is 2.22. The summed E-state index contributed by atoms with van der Waals surface area (Å²) < 4.78 is 0. The molecule has 1 aliphatic rings. The van der Waals surface area contributed by atoms with Crippen LogP contribution in [0.2, 0.25) is 0 Å². The Hall–Kier alpha value is -1.25. The van der Waals surface area contributed by atoms with Gasteiger partial charge in [-0.05, 0) is 37.8 Å². The Morgan fingerprint density at radius 1 is 1.35 bits per heavy atom. The second-order valence-electron chi connectivity index (χ2n) is 5.25. The van der Waals surface area contributed by atoms with Crippen molar-refractivity contribution in [3.63, 3.8) is 0 Å². The van der Waals surface area contributed by atoms with Gasteiger partial charge in [0.25, 0.3) is 0 Å². The molecule has 1 heterocycles. The second-order valence-corrected chi connectivity index (χ2v) is 5.25. The van der Waals surface area contributed by atoms with Gasteiger partial charge in [0.1, 0.15) is 0 Å². The molecule has 1 N–H and O–H groups in total. The smallest absolute Gasteiger partial charge is 0.151 e. The molecule has 0 aromatic carbocycles. The van der Waals surface area contributed by atoms with Crippen LogP contribution >= 0.6 is 0 Å². The molecule has 1 saturated carbocycles. The fraction of sp³-hybridized carbons (Fsp3) is 0.643. The normalized spacial score (nSPS) is 18.1. The first-order valence-electron chi connectivity index (χ1n) is 6.57. The molecular formula is C14H23N3. The van der Waals surface area contributed by atoms with E-state index in [4.69, 9.17) is 0 Å². The van der Waals surface area contributed by atoms with Crippen molar-refractivity contribution in [1.82, 2.24) is 4.98 Å². The first-order valence-corrected chi connectivity index (χ1v) is 6.57. The zero-order valence-electron chi connectivity index (χ0n) is 11.1. The molecular weight excluding hydrogens is 210 g/mol. The zero-order valence-corrected chi connectivity index (χ0v) is 11.1. The van der Waals surface area contributed by atoms with Crippen molar-refractivity contribution in [2.45, 2.75) is 38.6 Å². The number of anilines is 2. The maximum atomic E-state index is 4.42.